The van der Waals surface area contributed by atoms with Gasteiger partial charge < -0.3 is 0 Å². The molecule has 0 N–H and O–H groups in total. The second-order valence-corrected chi connectivity index (χ2v) is 13.5. The van der Waals surface area contributed by atoms with Gasteiger partial charge >= 0.3 is 66.0 Å². The Hall–Kier alpha value is -4.16. The van der Waals surface area contributed by atoms with Crippen LogP contribution in [0.1, 0.15) is 11.1 Å². The second kappa shape index (κ2) is 11.9. The molecule has 250 valence electrons. The summed E-state index contributed by atoms with van der Waals surface area (Å²) in [7, 11) is -21.3. The Morgan fingerprint density at radius 1 is 0.391 bits per heavy atom. The third-order valence-electron chi connectivity index (χ3n) is 5.63. The van der Waals surface area contributed by atoms with Gasteiger partial charge in [0.2, 0.25) is 0 Å². The summed E-state index contributed by atoms with van der Waals surface area (Å²) in [4.78, 5) is 8.20. The molecule has 0 radical (unpaired) electrons. The molecule has 0 aliphatic carbocycles. The van der Waals surface area contributed by atoms with E-state index in [1.807, 2.05) is 49.1 Å². The monoisotopic (exact) mass is 706 g/mol. The minimum atomic E-state index is -10.7. The summed E-state index contributed by atoms with van der Waals surface area (Å²) in [5, 5.41) is 0. The third kappa shape index (κ3) is 17.4. The molecule has 5 rings (SSSR count). The smallest absolute Gasteiger partial charge is 0.174 e. The van der Waals surface area contributed by atoms with E-state index >= 15 is 0 Å². The molecular formula is C28H24F12N4P2. The first kappa shape index (κ1) is 36.3. The van der Waals surface area contributed by atoms with Gasteiger partial charge in [-0.05, 0) is 46.5 Å². The summed E-state index contributed by atoms with van der Waals surface area (Å²) in [5.74, 6) is 0. The first-order valence-electron chi connectivity index (χ1n) is 12.7. The maximum atomic E-state index is 9.87. The minimum Gasteiger partial charge on any atom is -0.265 e. The van der Waals surface area contributed by atoms with Crippen LogP contribution in [0.4, 0.5) is 50.4 Å². The molecule has 0 bridgehead atoms. The number of nitrogens with zero attached hydrogens (tertiary/aromatic N) is 4. The van der Waals surface area contributed by atoms with E-state index in [-0.39, 0.29) is 0 Å². The zero-order chi connectivity index (χ0) is 34.4. The fraction of sp³-hybridized carbons (Fsp3) is 0.0714. The third-order valence-corrected chi connectivity index (χ3v) is 5.63. The number of hydrogen-bond donors (Lipinski definition) is 0. The largest absolute Gasteiger partial charge is 0.265 e. The van der Waals surface area contributed by atoms with Crippen LogP contribution in [-0.2, 0) is 13.1 Å². The van der Waals surface area contributed by atoms with E-state index in [0.29, 0.717) is 0 Å². The van der Waals surface area contributed by atoms with Gasteiger partial charge in [0.05, 0.1) is 0 Å². The van der Waals surface area contributed by atoms with Crippen molar-refractivity contribution in [3.05, 3.63) is 133 Å². The average Bonchev–Trinajstić information content (AvgIpc) is 2.93. The van der Waals surface area contributed by atoms with Gasteiger partial charge in [0.1, 0.15) is 0 Å². The quantitative estimate of drug-likeness (QED) is 0.100. The van der Waals surface area contributed by atoms with Gasteiger partial charge in [-0.1, -0.05) is 24.3 Å². The molecule has 4 aromatic heterocycles. The molecular weight excluding hydrogens is 682 g/mol. The van der Waals surface area contributed by atoms with E-state index in [9.17, 15) is 50.4 Å². The Labute approximate surface area is 254 Å². The van der Waals surface area contributed by atoms with Crippen molar-refractivity contribution in [3.63, 3.8) is 0 Å². The van der Waals surface area contributed by atoms with E-state index in [0.717, 1.165) is 13.1 Å². The molecule has 0 aliphatic heterocycles. The Balaban J connectivity index is 0.000000345. The van der Waals surface area contributed by atoms with Crippen LogP contribution in [0, 0.1) is 0 Å². The standard InChI is InChI=1S/C28H24N4.2F6P/c1-2-4-28(22-32-19-11-26(12-20-32)24-7-15-30-16-8-24)27(3-1)21-31-17-9-25(10-18-31)23-5-13-29-14-6-23;2*1-7(2,3,4,5)6/h1-20H,21-22H2;;/q+2;2*-1. The van der Waals surface area contributed by atoms with Gasteiger partial charge in [-0.25, -0.2) is 9.13 Å². The van der Waals surface area contributed by atoms with Gasteiger partial charge in [-0.15, -0.1) is 0 Å². The summed E-state index contributed by atoms with van der Waals surface area (Å²) >= 11 is 0. The van der Waals surface area contributed by atoms with Crippen molar-refractivity contribution in [1.82, 2.24) is 9.97 Å². The van der Waals surface area contributed by atoms with Crippen LogP contribution in [0.3, 0.4) is 0 Å². The molecule has 0 atom stereocenters. The molecule has 0 aliphatic rings. The van der Waals surface area contributed by atoms with Crippen LogP contribution in [0.25, 0.3) is 22.3 Å². The molecule has 0 unspecified atom stereocenters. The van der Waals surface area contributed by atoms with Gasteiger partial charge in [-0.3, -0.25) is 9.97 Å². The van der Waals surface area contributed by atoms with Crippen LogP contribution < -0.4 is 9.13 Å². The molecule has 18 heteroatoms. The molecule has 0 saturated carbocycles. The number of pyridine rings is 4. The van der Waals surface area contributed by atoms with E-state index in [2.05, 4.69) is 92.4 Å². The molecule has 4 heterocycles. The van der Waals surface area contributed by atoms with Gasteiger partial charge in [0, 0.05) is 60.2 Å². The maximum absolute atomic E-state index is 10.7. The second-order valence-electron chi connectivity index (χ2n) is 9.68. The van der Waals surface area contributed by atoms with Crippen molar-refractivity contribution in [2.45, 2.75) is 13.1 Å². The Bertz CT molecular complexity index is 1580. The Morgan fingerprint density at radius 3 is 0.891 bits per heavy atom. The topological polar surface area (TPSA) is 33.5 Å². The SMILES string of the molecule is F[P-](F)(F)(F)(F)F.F[P-](F)(F)(F)(F)F.c1ccc(C[n+]2ccc(-c3ccncc3)cc2)c(C[n+]2ccc(-c3ccncc3)cc2)c1. The first-order chi connectivity index (χ1) is 20.7. The number of halogens is 12. The van der Waals surface area contributed by atoms with Gasteiger partial charge in [-0.2, -0.15) is 0 Å². The number of benzene rings is 1. The molecule has 46 heavy (non-hydrogen) atoms. The van der Waals surface area contributed by atoms with Gasteiger partial charge in [0.25, 0.3) is 0 Å². The maximum Gasteiger partial charge on any atom is 0.174 e. The van der Waals surface area contributed by atoms with Crippen LogP contribution in [0.2, 0.25) is 0 Å². The van der Waals surface area contributed by atoms with Crippen molar-refractivity contribution in [1.29, 1.82) is 0 Å². The van der Waals surface area contributed by atoms with Crippen LogP contribution in [0.15, 0.2) is 122 Å². The number of rotatable bonds is 6. The van der Waals surface area contributed by atoms with Crippen molar-refractivity contribution < 1.29 is 59.5 Å². The van der Waals surface area contributed by atoms with Crippen LogP contribution in [0.5, 0.6) is 0 Å². The van der Waals surface area contributed by atoms with Crippen LogP contribution in [-0.4, -0.2) is 9.97 Å². The average molecular weight is 706 g/mol. The summed E-state index contributed by atoms with van der Waals surface area (Å²) in [5.41, 5.74) is 7.39. The molecule has 0 spiro atoms. The molecule has 4 nitrogen and oxygen atoms in total. The predicted molar refractivity (Wildman–Crippen MR) is 152 cm³/mol. The van der Waals surface area contributed by atoms with Crippen molar-refractivity contribution >= 4 is 15.6 Å². The summed E-state index contributed by atoms with van der Waals surface area (Å²) < 4.78 is 123. The Morgan fingerprint density at radius 2 is 0.630 bits per heavy atom. The zero-order valence-electron chi connectivity index (χ0n) is 23.2. The number of aromatic nitrogens is 4. The van der Waals surface area contributed by atoms with Gasteiger partial charge in [0.15, 0.2) is 37.9 Å². The fourth-order valence-electron chi connectivity index (χ4n) is 3.86. The van der Waals surface area contributed by atoms with E-state index in [1.54, 1.807) is 0 Å². The van der Waals surface area contributed by atoms with E-state index in [1.165, 1.54) is 33.4 Å². The number of hydrogen-bond acceptors (Lipinski definition) is 2. The summed E-state index contributed by atoms with van der Waals surface area (Å²) in [6.45, 7) is 1.67. The molecule has 0 fully saturated rings. The molecule has 1 aromatic carbocycles. The Kier molecular flexibility index (Phi) is 9.38. The summed E-state index contributed by atoms with van der Waals surface area (Å²) in [6, 6.07) is 25.4. The van der Waals surface area contributed by atoms with Crippen molar-refractivity contribution in [2.75, 3.05) is 0 Å². The normalized spacial score (nSPS) is 14.5. The summed E-state index contributed by atoms with van der Waals surface area (Å²) in [6.07, 6.45) is 15.9. The van der Waals surface area contributed by atoms with E-state index in [4.69, 9.17) is 0 Å². The van der Waals surface area contributed by atoms with E-state index < -0.39 is 15.6 Å². The van der Waals surface area contributed by atoms with Crippen LogP contribution >= 0.6 is 15.6 Å². The first-order valence-corrected chi connectivity index (χ1v) is 16.8. The molecule has 0 saturated heterocycles. The zero-order valence-corrected chi connectivity index (χ0v) is 25.0. The fourth-order valence-corrected chi connectivity index (χ4v) is 3.86. The predicted octanol–water partition coefficient (Wildman–Crippen LogP) is 11.2. The minimum absolute atomic E-state index is 0.836. The molecule has 0 amide bonds. The van der Waals surface area contributed by atoms with Crippen molar-refractivity contribution in [2.24, 2.45) is 0 Å². The molecule has 5 aromatic rings. The van der Waals surface area contributed by atoms with Crippen molar-refractivity contribution in [3.8, 4) is 22.3 Å².